The van der Waals surface area contributed by atoms with Crippen molar-refractivity contribution in [2.75, 3.05) is 13.2 Å². The van der Waals surface area contributed by atoms with Crippen molar-refractivity contribution in [2.24, 2.45) is 0 Å². The predicted molar refractivity (Wildman–Crippen MR) is 89.1 cm³/mol. The Bertz CT molecular complexity index is 884. The van der Waals surface area contributed by atoms with Gasteiger partial charge in [0.2, 0.25) is 5.91 Å². The van der Waals surface area contributed by atoms with Gasteiger partial charge in [-0.25, -0.2) is 0 Å². The van der Waals surface area contributed by atoms with Crippen LogP contribution >= 0.6 is 0 Å². The highest BCUT2D eigenvalue weighted by atomic mass is 19.4. The molecule has 13 heteroatoms. The fourth-order valence-electron chi connectivity index (χ4n) is 2.51. The van der Waals surface area contributed by atoms with Crippen molar-refractivity contribution >= 4 is 11.7 Å². The number of imidazole rings is 1. The Morgan fingerprint density at radius 1 is 1.38 bits per heavy atom. The maximum Gasteiger partial charge on any atom is 0.573 e. The first-order chi connectivity index (χ1) is 13.7. The SMILES string of the molecule is O=C(COC1COc2nc([N+](=O)[O-])cn2C1)NCc1ccc(OC(F)(F)F)cc1. The topological polar surface area (TPSA) is 118 Å². The molecule has 29 heavy (non-hydrogen) atoms. The van der Waals surface area contributed by atoms with Crippen LogP contribution in [0.4, 0.5) is 19.0 Å². The van der Waals surface area contributed by atoms with Crippen molar-refractivity contribution in [3.05, 3.63) is 46.1 Å². The molecule has 2 aromatic rings. The van der Waals surface area contributed by atoms with E-state index in [2.05, 4.69) is 15.0 Å². The molecule has 1 unspecified atom stereocenters. The number of hydrogen-bond donors (Lipinski definition) is 1. The van der Waals surface area contributed by atoms with Gasteiger partial charge in [0, 0.05) is 11.5 Å². The maximum atomic E-state index is 12.1. The third-order valence-electron chi connectivity index (χ3n) is 3.81. The summed E-state index contributed by atoms with van der Waals surface area (Å²) >= 11 is 0. The smallest absolute Gasteiger partial charge is 0.443 e. The summed E-state index contributed by atoms with van der Waals surface area (Å²) in [6.45, 7) is 0.134. The largest absolute Gasteiger partial charge is 0.573 e. The van der Waals surface area contributed by atoms with Gasteiger partial charge in [0.1, 0.15) is 31.3 Å². The number of ether oxygens (including phenoxy) is 3. The van der Waals surface area contributed by atoms with Crippen molar-refractivity contribution in [3.8, 4) is 11.8 Å². The van der Waals surface area contributed by atoms with E-state index in [0.717, 1.165) is 12.1 Å². The van der Waals surface area contributed by atoms with Crippen molar-refractivity contribution < 1.29 is 37.1 Å². The molecule has 1 aromatic heterocycles. The lowest BCUT2D eigenvalue weighted by Gasteiger charge is -2.22. The van der Waals surface area contributed by atoms with Crippen LogP contribution in [0.1, 0.15) is 5.56 Å². The Balaban J connectivity index is 1.41. The minimum atomic E-state index is -4.77. The van der Waals surface area contributed by atoms with Crippen molar-refractivity contribution in [3.63, 3.8) is 0 Å². The number of carbonyl (C=O) groups is 1. The van der Waals surface area contributed by atoms with Crippen LogP contribution in [0.5, 0.6) is 11.8 Å². The number of benzene rings is 1. The Kier molecular flexibility index (Phi) is 5.87. The van der Waals surface area contributed by atoms with Gasteiger partial charge in [-0.1, -0.05) is 12.1 Å². The molecular weight excluding hydrogens is 401 g/mol. The zero-order valence-electron chi connectivity index (χ0n) is 14.7. The second-order valence-electron chi connectivity index (χ2n) is 6.00. The minimum Gasteiger partial charge on any atom is -0.443 e. The van der Waals surface area contributed by atoms with Gasteiger partial charge >= 0.3 is 18.2 Å². The molecule has 1 aliphatic heterocycles. The molecule has 1 aliphatic rings. The summed E-state index contributed by atoms with van der Waals surface area (Å²) < 4.78 is 52.2. The van der Waals surface area contributed by atoms with E-state index in [9.17, 15) is 28.1 Å². The molecule has 0 saturated carbocycles. The number of alkyl halides is 3. The second-order valence-corrected chi connectivity index (χ2v) is 6.00. The van der Waals surface area contributed by atoms with Gasteiger partial charge in [0.05, 0.1) is 6.54 Å². The van der Waals surface area contributed by atoms with Crippen LogP contribution in [0.15, 0.2) is 30.5 Å². The highest BCUT2D eigenvalue weighted by Crippen LogP contribution is 2.23. The number of hydrogen-bond acceptors (Lipinski definition) is 7. The number of carbonyl (C=O) groups excluding carboxylic acids is 1. The molecule has 2 heterocycles. The molecule has 3 rings (SSSR count). The highest BCUT2D eigenvalue weighted by molar-refractivity contribution is 5.77. The fraction of sp³-hybridized carbons (Fsp3) is 0.375. The Morgan fingerprint density at radius 2 is 2.10 bits per heavy atom. The number of nitrogens with one attached hydrogen (secondary N) is 1. The summed E-state index contributed by atoms with van der Waals surface area (Å²) in [6, 6.07) is 5.19. The van der Waals surface area contributed by atoms with Crippen LogP contribution in [0.2, 0.25) is 0 Å². The highest BCUT2D eigenvalue weighted by Gasteiger charge is 2.31. The first kappa shape index (κ1) is 20.4. The van der Waals surface area contributed by atoms with Crippen LogP contribution < -0.4 is 14.8 Å². The quantitative estimate of drug-likeness (QED) is 0.540. The molecule has 0 spiro atoms. The zero-order valence-corrected chi connectivity index (χ0v) is 14.7. The van der Waals surface area contributed by atoms with E-state index in [0.29, 0.717) is 5.56 Å². The lowest BCUT2D eigenvalue weighted by Crippen LogP contribution is -2.36. The van der Waals surface area contributed by atoms with Crippen molar-refractivity contribution in [1.82, 2.24) is 14.9 Å². The number of nitrogens with zero attached hydrogens (tertiary/aromatic N) is 3. The van der Waals surface area contributed by atoms with E-state index in [4.69, 9.17) is 9.47 Å². The van der Waals surface area contributed by atoms with E-state index in [1.165, 1.54) is 22.9 Å². The van der Waals surface area contributed by atoms with E-state index >= 15 is 0 Å². The lowest BCUT2D eigenvalue weighted by molar-refractivity contribution is -0.389. The van der Waals surface area contributed by atoms with Crippen LogP contribution in [-0.4, -0.2) is 46.1 Å². The molecule has 0 fully saturated rings. The molecule has 0 aliphatic carbocycles. The van der Waals surface area contributed by atoms with Gasteiger partial charge < -0.3 is 29.6 Å². The third kappa shape index (κ3) is 5.81. The number of fused-ring (bicyclic) bond motifs is 1. The summed E-state index contributed by atoms with van der Waals surface area (Å²) in [4.78, 5) is 25.7. The van der Waals surface area contributed by atoms with Gasteiger partial charge in [0.15, 0.2) is 0 Å². The first-order valence-corrected chi connectivity index (χ1v) is 8.27. The normalized spacial score (nSPS) is 15.9. The summed E-state index contributed by atoms with van der Waals surface area (Å²) in [5.41, 5.74) is 0.573. The molecule has 156 valence electrons. The minimum absolute atomic E-state index is 0.0854. The molecule has 0 bridgehead atoms. The predicted octanol–water partition coefficient (Wildman–Crippen LogP) is 1.78. The van der Waals surface area contributed by atoms with E-state index in [1.54, 1.807) is 0 Å². The summed E-state index contributed by atoms with van der Waals surface area (Å²) in [6.07, 6.45) is -4.05. The standard InChI is InChI=1S/C16H15F3N4O6/c17-16(18,19)29-11-3-1-10(2-4-11)5-20-14(24)9-27-12-6-22-7-13(23(25)26)21-15(22)28-8-12/h1-4,7,12H,5-6,8-9H2,(H,20,24). The first-order valence-electron chi connectivity index (χ1n) is 8.27. The second kappa shape index (κ2) is 8.34. The molecule has 1 atom stereocenters. The average molecular weight is 416 g/mol. The van der Waals surface area contributed by atoms with Crippen molar-refractivity contribution in [1.29, 1.82) is 0 Å². The molecular formula is C16H15F3N4O6. The van der Waals surface area contributed by atoms with Crippen LogP contribution in [0.3, 0.4) is 0 Å². The van der Waals surface area contributed by atoms with Crippen LogP contribution in [0.25, 0.3) is 0 Å². The Hall–Kier alpha value is -3.35. The van der Waals surface area contributed by atoms with E-state index in [1.807, 2.05) is 0 Å². The van der Waals surface area contributed by atoms with Gasteiger partial charge in [-0.05, 0) is 22.6 Å². The third-order valence-corrected chi connectivity index (χ3v) is 3.81. The monoisotopic (exact) mass is 416 g/mol. The molecule has 0 radical (unpaired) electrons. The number of aromatic nitrogens is 2. The maximum absolute atomic E-state index is 12.1. The zero-order chi connectivity index (χ0) is 21.0. The van der Waals surface area contributed by atoms with E-state index in [-0.39, 0.29) is 43.9 Å². The van der Waals surface area contributed by atoms with E-state index < -0.39 is 23.3 Å². The Morgan fingerprint density at radius 3 is 2.76 bits per heavy atom. The molecule has 1 amide bonds. The fourth-order valence-corrected chi connectivity index (χ4v) is 2.51. The lowest BCUT2D eigenvalue weighted by atomic mass is 10.2. The molecule has 1 aromatic carbocycles. The van der Waals surface area contributed by atoms with Gasteiger partial charge in [-0.15, -0.1) is 13.2 Å². The van der Waals surface area contributed by atoms with Crippen LogP contribution in [0, 0.1) is 10.1 Å². The number of rotatable bonds is 7. The van der Waals surface area contributed by atoms with Gasteiger partial charge in [0.25, 0.3) is 0 Å². The van der Waals surface area contributed by atoms with Crippen molar-refractivity contribution in [2.45, 2.75) is 25.6 Å². The number of halogens is 3. The molecule has 1 N–H and O–H groups in total. The average Bonchev–Trinajstić information content (AvgIpc) is 3.08. The summed E-state index contributed by atoms with van der Waals surface area (Å²) in [5.74, 6) is -1.14. The summed E-state index contributed by atoms with van der Waals surface area (Å²) in [7, 11) is 0. The number of nitro groups is 1. The van der Waals surface area contributed by atoms with Gasteiger partial charge in [-0.3, -0.25) is 9.36 Å². The molecule has 0 saturated heterocycles. The Labute approximate surface area is 161 Å². The number of amides is 1. The summed E-state index contributed by atoms with van der Waals surface area (Å²) in [5, 5.41) is 13.3. The van der Waals surface area contributed by atoms with Crippen LogP contribution in [-0.2, 0) is 22.6 Å². The molecule has 10 nitrogen and oxygen atoms in total. The van der Waals surface area contributed by atoms with Gasteiger partial charge in [-0.2, -0.15) is 0 Å².